The van der Waals surface area contributed by atoms with Crippen LogP contribution in [0, 0.1) is 5.82 Å². The molecule has 198 valence electrons. The van der Waals surface area contributed by atoms with Crippen LogP contribution in [-0.2, 0) is 9.84 Å². The molecular weight excluding hydrogens is 509 g/mol. The Kier molecular flexibility index (Phi) is 7.06. The second-order valence-corrected chi connectivity index (χ2v) is 11.8. The van der Waals surface area contributed by atoms with Crippen LogP contribution in [0.2, 0.25) is 0 Å². The number of rotatable bonds is 7. The summed E-state index contributed by atoms with van der Waals surface area (Å²) in [5.41, 5.74) is 1.36. The minimum atomic E-state index is -3.53. The predicted molar refractivity (Wildman–Crippen MR) is 140 cm³/mol. The maximum atomic E-state index is 13.6. The molecule has 1 saturated carbocycles. The van der Waals surface area contributed by atoms with Crippen molar-refractivity contribution in [2.75, 3.05) is 5.32 Å². The quantitative estimate of drug-likeness (QED) is 0.377. The van der Waals surface area contributed by atoms with Crippen molar-refractivity contribution in [3.63, 3.8) is 0 Å². The molecule has 10 nitrogen and oxygen atoms in total. The number of benzene rings is 1. The molecule has 0 bridgehead atoms. The SMILES string of the molecule is CC(C)n1cc(-c2ccnc(NC3CCC(S(=O)(=O)c4cnccn4)CC3)n2)n(-c2ccc(F)cc2)c1=O. The van der Waals surface area contributed by atoms with E-state index in [-0.39, 0.29) is 28.6 Å². The molecule has 1 aromatic carbocycles. The van der Waals surface area contributed by atoms with Gasteiger partial charge in [-0.25, -0.2) is 32.6 Å². The number of aromatic nitrogens is 6. The van der Waals surface area contributed by atoms with Gasteiger partial charge >= 0.3 is 5.69 Å². The lowest BCUT2D eigenvalue weighted by molar-refractivity contribution is 0.449. The summed E-state index contributed by atoms with van der Waals surface area (Å²) < 4.78 is 42.5. The Morgan fingerprint density at radius 1 is 1.00 bits per heavy atom. The number of anilines is 1. The second-order valence-electron chi connectivity index (χ2n) is 9.58. The molecule has 3 aromatic heterocycles. The van der Waals surface area contributed by atoms with E-state index >= 15 is 0 Å². The number of hydrogen-bond donors (Lipinski definition) is 1. The molecule has 0 unspecified atom stereocenters. The van der Waals surface area contributed by atoms with Crippen LogP contribution in [0.3, 0.4) is 0 Å². The van der Waals surface area contributed by atoms with Gasteiger partial charge in [-0.05, 0) is 69.9 Å². The number of hydrogen-bond acceptors (Lipinski definition) is 8. The Balaban J connectivity index is 1.36. The van der Waals surface area contributed by atoms with Gasteiger partial charge < -0.3 is 5.32 Å². The largest absolute Gasteiger partial charge is 0.351 e. The van der Waals surface area contributed by atoms with Crippen LogP contribution >= 0.6 is 0 Å². The third-order valence-electron chi connectivity index (χ3n) is 6.75. The van der Waals surface area contributed by atoms with Crippen molar-refractivity contribution < 1.29 is 12.8 Å². The van der Waals surface area contributed by atoms with E-state index in [0.29, 0.717) is 48.7 Å². The average Bonchev–Trinajstić information content (AvgIpc) is 3.27. The topological polar surface area (TPSA) is 125 Å². The molecule has 0 atom stereocenters. The predicted octanol–water partition coefficient (Wildman–Crippen LogP) is 3.80. The maximum Gasteiger partial charge on any atom is 0.333 e. The zero-order valence-corrected chi connectivity index (χ0v) is 21.8. The molecule has 38 heavy (non-hydrogen) atoms. The van der Waals surface area contributed by atoms with Gasteiger partial charge in [0.15, 0.2) is 14.9 Å². The van der Waals surface area contributed by atoms with E-state index in [1.165, 1.54) is 35.3 Å². The van der Waals surface area contributed by atoms with Gasteiger partial charge in [0.1, 0.15) is 5.82 Å². The van der Waals surface area contributed by atoms with Crippen LogP contribution in [0.25, 0.3) is 17.1 Å². The first-order valence-electron chi connectivity index (χ1n) is 12.4. The number of nitrogens with zero attached hydrogens (tertiary/aromatic N) is 6. The van der Waals surface area contributed by atoms with Crippen molar-refractivity contribution in [3.8, 4) is 17.1 Å². The van der Waals surface area contributed by atoms with Crippen molar-refractivity contribution in [2.24, 2.45) is 0 Å². The van der Waals surface area contributed by atoms with Crippen LogP contribution in [0.1, 0.15) is 45.6 Å². The first-order valence-corrected chi connectivity index (χ1v) is 14.0. The Labute approximate surface area is 219 Å². The zero-order valence-electron chi connectivity index (χ0n) is 21.0. The van der Waals surface area contributed by atoms with E-state index in [0.717, 1.165) is 0 Å². The van der Waals surface area contributed by atoms with Crippen molar-refractivity contribution in [3.05, 3.63) is 77.6 Å². The normalized spacial score (nSPS) is 18.0. The number of nitrogens with one attached hydrogen (secondary N) is 1. The maximum absolute atomic E-state index is 13.6. The molecule has 5 rings (SSSR count). The van der Waals surface area contributed by atoms with E-state index in [4.69, 9.17) is 0 Å². The van der Waals surface area contributed by atoms with Gasteiger partial charge in [-0.15, -0.1) is 0 Å². The van der Waals surface area contributed by atoms with E-state index in [1.54, 1.807) is 35.2 Å². The van der Waals surface area contributed by atoms with Crippen molar-refractivity contribution in [1.82, 2.24) is 29.1 Å². The van der Waals surface area contributed by atoms with Gasteiger partial charge in [0.25, 0.3) is 0 Å². The van der Waals surface area contributed by atoms with Gasteiger partial charge in [0.05, 0.1) is 28.5 Å². The first-order chi connectivity index (χ1) is 18.2. The summed E-state index contributed by atoms with van der Waals surface area (Å²) in [6, 6.07) is 7.36. The van der Waals surface area contributed by atoms with Crippen LogP contribution in [-0.4, -0.2) is 48.8 Å². The van der Waals surface area contributed by atoms with Crippen LogP contribution in [0.4, 0.5) is 10.3 Å². The fourth-order valence-corrected chi connectivity index (χ4v) is 6.38. The van der Waals surface area contributed by atoms with Crippen molar-refractivity contribution >= 4 is 15.8 Å². The number of imidazole rings is 1. The molecule has 1 aliphatic carbocycles. The highest BCUT2D eigenvalue weighted by Crippen LogP contribution is 2.29. The second kappa shape index (κ2) is 10.4. The van der Waals surface area contributed by atoms with E-state index in [1.807, 2.05) is 13.8 Å². The van der Waals surface area contributed by atoms with Crippen molar-refractivity contribution in [2.45, 2.75) is 61.9 Å². The first kappa shape index (κ1) is 25.7. The van der Waals surface area contributed by atoms with E-state index < -0.39 is 15.1 Å². The minimum absolute atomic E-state index is 0.00175. The average molecular weight is 538 g/mol. The molecule has 0 amide bonds. The lowest BCUT2D eigenvalue weighted by Crippen LogP contribution is -2.33. The van der Waals surface area contributed by atoms with Gasteiger partial charge in [-0.3, -0.25) is 14.1 Å². The van der Waals surface area contributed by atoms with Gasteiger partial charge in [0.2, 0.25) is 5.95 Å². The third kappa shape index (κ3) is 5.08. The Morgan fingerprint density at radius 2 is 1.74 bits per heavy atom. The lowest BCUT2D eigenvalue weighted by atomic mass is 9.95. The highest BCUT2D eigenvalue weighted by atomic mass is 32.2. The molecular formula is C26H28FN7O3S. The highest BCUT2D eigenvalue weighted by Gasteiger charge is 2.33. The van der Waals surface area contributed by atoms with Crippen LogP contribution in [0.15, 0.2) is 71.1 Å². The monoisotopic (exact) mass is 537 g/mol. The summed E-state index contributed by atoms with van der Waals surface area (Å²) in [7, 11) is -3.53. The summed E-state index contributed by atoms with van der Waals surface area (Å²) in [5.74, 6) is -0.00230. The number of halogens is 1. The molecule has 0 aliphatic heterocycles. The summed E-state index contributed by atoms with van der Waals surface area (Å²) in [4.78, 5) is 30.1. The standard InChI is InChI=1S/C26H28FN7O3S/c1-17(2)33-16-23(34(26(33)35)20-7-3-18(27)4-8-20)22-11-12-30-25(32-22)31-19-5-9-21(10-6-19)38(36,37)24-15-28-13-14-29-24/h3-4,7-8,11-17,19,21H,5-6,9-10H2,1-2H3,(H,30,31,32). The summed E-state index contributed by atoms with van der Waals surface area (Å²) in [6.45, 7) is 3.82. The summed E-state index contributed by atoms with van der Waals surface area (Å²) in [5, 5.41) is 2.82. The van der Waals surface area contributed by atoms with Crippen LogP contribution < -0.4 is 11.0 Å². The van der Waals surface area contributed by atoms with E-state index in [2.05, 4.69) is 25.3 Å². The van der Waals surface area contributed by atoms with Gasteiger partial charge in [0, 0.05) is 36.9 Å². The van der Waals surface area contributed by atoms with Gasteiger partial charge in [-0.2, -0.15) is 0 Å². The summed E-state index contributed by atoms with van der Waals surface area (Å²) in [6.07, 6.45) is 9.70. The minimum Gasteiger partial charge on any atom is -0.351 e. The van der Waals surface area contributed by atoms with Crippen LogP contribution in [0.5, 0.6) is 0 Å². The molecule has 0 radical (unpaired) electrons. The third-order valence-corrected chi connectivity index (χ3v) is 8.89. The number of sulfone groups is 1. The highest BCUT2D eigenvalue weighted by molar-refractivity contribution is 7.92. The molecule has 4 aromatic rings. The Hall–Kier alpha value is -3.93. The molecule has 1 N–H and O–H groups in total. The molecule has 12 heteroatoms. The van der Waals surface area contributed by atoms with E-state index in [9.17, 15) is 17.6 Å². The zero-order chi connectivity index (χ0) is 26.9. The Bertz CT molecular complexity index is 1580. The molecule has 0 spiro atoms. The Morgan fingerprint density at radius 3 is 2.39 bits per heavy atom. The van der Waals surface area contributed by atoms with Gasteiger partial charge in [-0.1, -0.05) is 0 Å². The molecule has 1 aliphatic rings. The van der Waals surface area contributed by atoms with Crippen molar-refractivity contribution in [1.29, 1.82) is 0 Å². The summed E-state index contributed by atoms with van der Waals surface area (Å²) >= 11 is 0. The smallest absolute Gasteiger partial charge is 0.333 e. The fraction of sp³-hybridized carbons (Fsp3) is 0.346. The molecule has 0 saturated heterocycles. The fourth-order valence-electron chi connectivity index (χ4n) is 4.73. The molecule has 3 heterocycles. The lowest BCUT2D eigenvalue weighted by Gasteiger charge is -2.28. The molecule has 1 fully saturated rings.